The molecule has 0 heterocycles. The molecule has 17 heavy (non-hydrogen) atoms. The van der Waals surface area contributed by atoms with Gasteiger partial charge in [-0.1, -0.05) is 15.9 Å². The molecule has 0 radical (unpaired) electrons. The van der Waals surface area contributed by atoms with E-state index in [-0.39, 0.29) is 17.8 Å². The van der Waals surface area contributed by atoms with E-state index in [1.54, 1.807) is 33.2 Å². The highest BCUT2D eigenvalue weighted by Gasteiger charge is 2.14. The van der Waals surface area contributed by atoms with E-state index in [1.807, 2.05) is 0 Å². The van der Waals surface area contributed by atoms with E-state index in [1.165, 1.54) is 11.0 Å². The topological polar surface area (TPSA) is 32.3 Å². The molecule has 0 spiro atoms. The second-order valence-corrected chi connectivity index (χ2v) is 4.99. The standard InChI is InChI=1S/C12H16BrFN2O/c1-8(12(17)16(2)3)15-7-9-6-10(13)4-5-11(9)14/h4-6,8,15H,7H2,1-3H3. The van der Waals surface area contributed by atoms with Crippen LogP contribution in [0, 0.1) is 5.82 Å². The van der Waals surface area contributed by atoms with Crippen LogP contribution in [0.1, 0.15) is 12.5 Å². The minimum atomic E-state index is -0.330. The van der Waals surface area contributed by atoms with Gasteiger partial charge in [-0.2, -0.15) is 0 Å². The van der Waals surface area contributed by atoms with Gasteiger partial charge in [0, 0.05) is 30.7 Å². The van der Waals surface area contributed by atoms with Crippen molar-refractivity contribution in [2.45, 2.75) is 19.5 Å². The third kappa shape index (κ3) is 4.09. The Morgan fingerprint density at radius 2 is 2.18 bits per heavy atom. The maximum atomic E-state index is 13.4. The summed E-state index contributed by atoms with van der Waals surface area (Å²) < 4.78 is 14.2. The predicted molar refractivity (Wildman–Crippen MR) is 69.1 cm³/mol. The monoisotopic (exact) mass is 302 g/mol. The lowest BCUT2D eigenvalue weighted by Crippen LogP contribution is -2.41. The van der Waals surface area contributed by atoms with E-state index >= 15 is 0 Å². The normalized spacial score (nSPS) is 12.3. The molecule has 1 amide bonds. The molecule has 0 aromatic heterocycles. The highest BCUT2D eigenvalue weighted by Crippen LogP contribution is 2.15. The smallest absolute Gasteiger partial charge is 0.238 e. The highest BCUT2D eigenvalue weighted by atomic mass is 79.9. The van der Waals surface area contributed by atoms with E-state index in [4.69, 9.17) is 0 Å². The molecule has 0 aliphatic carbocycles. The van der Waals surface area contributed by atoms with Gasteiger partial charge in [-0.15, -0.1) is 0 Å². The van der Waals surface area contributed by atoms with Gasteiger partial charge in [0.2, 0.25) is 5.91 Å². The number of likely N-dealkylation sites (N-methyl/N-ethyl adjacent to an activating group) is 1. The van der Waals surface area contributed by atoms with E-state index in [9.17, 15) is 9.18 Å². The number of hydrogen-bond donors (Lipinski definition) is 1. The van der Waals surface area contributed by atoms with Crippen LogP contribution < -0.4 is 5.32 Å². The molecule has 1 atom stereocenters. The summed E-state index contributed by atoms with van der Waals surface area (Å²) in [5.41, 5.74) is 0.540. The van der Waals surface area contributed by atoms with Crippen LogP contribution in [0.15, 0.2) is 22.7 Å². The molecule has 0 aliphatic heterocycles. The van der Waals surface area contributed by atoms with Crippen LogP contribution in [0.5, 0.6) is 0 Å². The predicted octanol–water partition coefficient (Wildman–Crippen LogP) is 2.15. The number of halogens is 2. The maximum absolute atomic E-state index is 13.4. The van der Waals surface area contributed by atoms with Gasteiger partial charge >= 0.3 is 0 Å². The molecule has 0 saturated heterocycles. The Morgan fingerprint density at radius 3 is 2.76 bits per heavy atom. The molecule has 1 rings (SSSR count). The zero-order valence-electron chi connectivity index (χ0n) is 10.1. The average Bonchev–Trinajstić information content (AvgIpc) is 2.28. The van der Waals surface area contributed by atoms with E-state index in [0.717, 1.165) is 4.47 Å². The number of nitrogens with zero attached hydrogens (tertiary/aromatic N) is 1. The molecule has 1 aromatic rings. The molecular formula is C12H16BrFN2O. The van der Waals surface area contributed by atoms with Crippen LogP contribution in [0.3, 0.4) is 0 Å². The molecule has 5 heteroatoms. The Kier molecular flexibility index (Phi) is 5.08. The summed E-state index contributed by atoms with van der Waals surface area (Å²) >= 11 is 3.29. The van der Waals surface area contributed by atoms with Gasteiger partial charge in [-0.3, -0.25) is 4.79 Å². The van der Waals surface area contributed by atoms with E-state index in [2.05, 4.69) is 21.2 Å². The van der Waals surface area contributed by atoms with Gasteiger partial charge in [0.15, 0.2) is 0 Å². The minimum Gasteiger partial charge on any atom is -0.347 e. The van der Waals surface area contributed by atoms with Crippen LogP contribution in [-0.2, 0) is 11.3 Å². The van der Waals surface area contributed by atoms with Crippen molar-refractivity contribution < 1.29 is 9.18 Å². The summed E-state index contributed by atoms with van der Waals surface area (Å²) in [7, 11) is 3.39. The minimum absolute atomic E-state index is 0.0274. The summed E-state index contributed by atoms with van der Waals surface area (Å²) in [5.74, 6) is -0.300. The van der Waals surface area contributed by atoms with Crippen molar-refractivity contribution in [1.82, 2.24) is 10.2 Å². The van der Waals surface area contributed by atoms with E-state index < -0.39 is 0 Å². The van der Waals surface area contributed by atoms with Crippen molar-refractivity contribution in [3.63, 3.8) is 0 Å². The van der Waals surface area contributed by atoms with Gasteiger partial charge in [-0.05, 0) is 25.1 Å². The fraction of sp³-hybridized carbons (Fsp3) is 0.417. The number of nitrogens with one attached hydrogen (secondary N) is 1. The second kappa shape index (κ2) is 6.12. The number of hydrogen-bond acceptors (Lipinski definition) is 2. The summed E-state index contributed by atoms with van der Waals surface area (Å²) in [6.07, 6.45) is 0. The van der Waals surface area contributed by atoms with Gasteiger partial charge in [-0.25, -0.2) is 4.39 Å². The Morgan fingerprint density at radius 1 is 1.53 bits per heavy atom. The fourth-order valence-electron chi connectivity index (χ4n) is 1.42. The van der Waals surface area contributed by atoms with Gasteiger partial charge < -0.3 is 10.2 Å². The molecule has 1 N–H and O–H groups in total. The molecule has 1 unspecified atom stereocenters. The Hall–Kier alpha value is -0.940. The number of carbonyl (C=O) groups excluding carboxylic acids is 1. The average molecular weight is 303 g/mol. The van der Waals surface area contributed by atoms with Crippen molar-refractivity contribution in [3.05, 3.63) is 34.1 Å². The second-order valence-electron chi connectivity index (χ2n) is 4.07. The van der Waals surface area contributed by atoms with Gasteiger partial charge in [0.1, 0.15) is 5.82 Å². The molecule has 0 fully saturated rings. The van der Waals surface area contributed by atoms with Crippen LogP contribution >= 0.6 is 15.9 Å². The molecule has 0 saturated carbocycles. The zero-order chi connectivity index (χ0) is 13.0. The third-order valence-corrected chi connectivity index (χ3v) is 2.91. The lowest BCUT2D eigenvalue weighted by Gasteiger charge is -2.18. The van der Waals surface area contributed by atoms with Crippen LogP contribution in [-0.4, -0.2) is 30.9 Å². The molecular weight excluding hydrogens is 287 g/mol. The Bertz CT molecular complexity index is 409. The molecule has 94 valence electrons. The molecule has 3 nitrogen and oxygen atoms in total. The van der Waals surface area contributed by atoms with Gasteiger partial charge in [0.05, 0.1) is 6.04 Å². The number of carbonyl (C=O) groups is 1. The first kappa shape index (κ1) is 14.1. The molecule has 0 aliphatic rings. The van der Waals surface area contributed by atoms with Crippen LogP contribution in [0.2, 0.25) is 0 Å². The van der Waals surface area contributed by atoms with Crippen LogP contribution in [0.4, 0.5) is 4.39 Å². The lowest BCUT2D eigenvalue weighted by atomic mass is 10.2. The summed E-state index contributed by atoms with van der Waals surface area (Å²) in [5, 5.41) is 3.00. The van der Waals surface area contributed by atoms with Crippen molar-refractivity contribution in [3.8, 4) is 0 Å². The van der Waals surface area contributed by atoms with Gasteiger partial charge in [0.25, 0.3) is 0 Å². The Labute approximate surface area is 109 Å². The quantitative estimate of drug-likeness (QED) is 0.924. The van der Waals surface area contributed by atoms with Crippen molar-refractivity contribution in [1.29, 1.82) is 0 Å². The Balaban J connectivity index is 2.61. The number of amides is 1. The first-order chi connectivity index (χ1) is 7.91. The summed E-state index contributed by atoms with van der Waals surface area (Å²) in [6.45, 7) is 2.09. The van der Waals surface area contributed by atoms with Crippen molar-refractivity contribution in [2.24, 2.45) is 0 Å². The summed E-state index contributed by atoms with van der Waals surface area (Å²) in [4.78, 5) is 13.1. The summed E-state index contributed by atoms with van der Waals surface area (Å²) in [6, 6.07) is 4.42. The highest BCUT2D eigenvalue weighted by molar-refractivity contribution is 9.10. The number of rotatable bonds is 4. The van der Waals surface area contributed by atoms with Crippen molar-refractivity contribution in [2.75, 3.05) is 14.1 Å². The van der Waals surface area contributed by atoms with E-state index in [0.29, 0.717) is 12.1 Å². The SMILES string of the molecule is CC(NCc1cc(Br)ccc1F)C(=O)N(C)C. The lowest BCUT2D eigenvalue weighted by molar-refractivity contribution is -0.130. The first-order valence-electron chi connectivity index (χ1n) is 5.30. The first-order valence-corrected chi connectivity index (χ1v) is 6.09. The molecule has 1 aromatic carbocycles. The van der Waals surface area contributed by atoms with Crippen LogP contribution in [0.25, 0.3) is 0 Å². The maximum Gasteiger partial charge on any atom is 0.238 e. The number of benzene rings is 1. The largest absolute Gasteiger partial charge is 0.347 e. The third-order valence-electron chi connectivity index (χ3n) is 2.42. The van der Waals surface area contributed by atoms with Crippen molar-refractivity contribution >= 4 is 21.8 Å². The fourth-order valence-corrected chi connectivity index (χ4v) is 1.82. The molecule has 0 bridgehead atoms. The zero-order valence-corrected chi connectivity index (χ0v) is 11.7.